The van der Waals surface area contributed by atoms with Crippen LogP contribution in [0.1, 0.15) is 25.0 Å². The Kier molecular flexibility index (Phi) is 8.43. The molecule has 0 bridgehead atoms. The topological polar surface area (TPSA) is 3.24 Å². The number of fused-ring (bicyclic) bond motifs is 7. The average molecular weight is 778 g/mol. The van der Waals surface area contributed by atoms with Crippen molar-refractivity contribution in [3.05, 3.63) is 211 Å². The second kappa shape index (κ2) is 14.0. The molecule has 1 heterocycles. The highest BCUT2D eigenvalue weighted by Gasteiger charge is 2.39. The molecule has 0 N–H and O–H groups in total. The fraction of sp³-hybridized carbons (Fsp3) is 0.0545. The molecular weight excluding hydrogens is 739 g/mol. The molecule has 0 amide bonds. The molecule has 9 aromatic carbocycles. The lowest BCUT2D eigenvalue weighted by Gasteiger charge is -2.28. The third-order valence-electron chi connectivity index (χ3n) is 11.9. The van der Waals surface area contributed by atoms with Gasteiger partial charge in [-0.15, -0.1) is 0 Å². The summed E-state index contributed by atoms with van der Waals surface area (Å²) in [5.74, 6) is 0. The summed E-state index contributed by atoms with van der Waals surface area (Å²) in [7, 11) is 0. The van der Waals surface area contributed by atoms with Crippen molar-refractivity contribution in [1.82, 2.24) is 0 Å². The minimum atomic E-state index is -0.111. The second-order valence-electron chi connectivity index (χ2n) is 15.8. The number of benzene rings is 9. The molecule has 2 aliphatic rings. The Morgan fingerprint density at radius 3 is 1.50 bits per heavy atom. The maximum atomic E-state index is 2.45. The molecule has 1 nitrogen and oxygen atoms in total. The van der Waals surface area contributed by atoms with E-state index in [1.165, 1.54) is 86.0 Å². The third-order valence-corrected chi connectivity index (χ3v) is 14.5. The first-order valence-corrected chi connectivity index (χ1v) is 21.5. The number of hydrogen-bond acceptors (Lipinski definition) is 3. The Balaban J connectivity index is 0.939. The van der Waals surface area contributed by atoms with Crippen LogP contribution in [-0.4, -0.2) is 0 Å². The van der Waals surface area contributed by atoms with Gasteiger partial charge in [-0.1, -0.05) is 171 Å². The second-order valence-corrected chi connectivity index (χ2v) is 17.9. The first-order valence-electron chi connectivity index (χ1n) is 19.9. The molecule has 11 rings (SSSR count). The van der Waals surface area contributed by atoms with Gasteiger partial charge in [-0.2, -0.15) is 0 Å². The van der Waals surface area contributed by atoms with E-state index in [1.807, 2.05) is 23.5 Å². The smallest absolute Gasteiger partial charge is 0.0468 e. The first-order chi connectivity index (χ1) is 28.5. The van der Waals surface area contributed by atoms with Crippen LogP contribution in [0.2, 0.25) is 0 Å². The van der Waals surface area contributed by atoms with E-state index in [0.717, 1.165) is 17.1 Å². The van der Waals surface area contributed by atoms with Gasteiger partial charge in [0.1, 0.15) is 0 Å². The molecular formula is C55H39NS2. The molecule has 58 heavy (non-hydrogen) atoms. The van der Waals surface area contributed by atoms with Crippen molar-refractivity contribution in [2.24, 2.45) is 0 Å². The van der Waals surface area contributed by atoms with Crippen LogP contribution in [0.5, 0.6) is 0 Å². The number of nitrogens with zero attached hydrogens (tertiary/aromatic N) is 1. The van der Waals surface area contributed by atoms with Crippen molar-refractivity contribution in [3.8, 4) is 44.5 Å². The molecule has 0 saturated heterocycles. The maximum Gasteiger partial charge on any atom is 0.0468 e. The molecule has 0 radical (unpaired) electrons. The lowest BCUT2D eigenvalue weighted by Crippen LogP contribution is -2.17. The van der Waals surface area contributed by atoms with Crippen LogP contribution in [-0.2, 0) is 5.41 Å². The van der Waals surface area contributed by atoms with E-state index in [1.54, 1.807) is 0 Å². The number of hydrogen-bond donors (Lipinski definition) is 0. The molecule has 276 valence electrons. The summed E-state index contributed by atoms with van der Waals surface area (Å²) in [6.07, 6.45) is 0. The summed E-state index contributed by atoms with van der Waals surface area (Å²) in [5.41, 5.74) is 16.2. The largest absolute Gasteiger partial charge is 0.310 e. The Labute approximate surface area is 349 Å². The van der Waals surface area contributed by atoms with Crippen molar-refractivity contribution in [3.63, 3.8) is 0 Å². The molecule has 0 saturated carbocycles. The van der Waals surface area contributed by atoms with E-state index in [-0.39, 0.29) is 5.41 Å². The quantitative estimate of drug-likeness (QED) is 0.166. The van der Waals surface area contributed by atoms with Gasteiger partial charge in [-0.05, 0) is 133 Å². The van der Waals surface area contributed by atoms with Gasteiger partial charge in [0.2, 0.25) is 0 Å². The van der Waals surface area contributed by atoms with Gasteiger partial charge in [0.15, 0.2) is 0 Å². The SMILES string of the molecule is CC1(C)c2cc(-c3ccc4cc(N(c5ccc(-c6ccccc6)cc5)c5ccc(-c6ccccc6)cc5)ccc4c3)ccc2-c2ccc3c(c21)Sc1ccccc1S3. The van der Waals surface area contributed by atoms with E-state index in [0.29, 0.717) is 0 Å². The monoisotopic (exact) mass is 777 g/mol. The summed E-state index contributed by atoms with van der Waals surface area (Å²) in [5, 5.41) is 2.44. The Bertz CT molecular complexity index is 2920. The van der Waals surface area contributed by atoms with Crippen LogP contribution < -0.4 is 4.90 Å². The van der Waals surface area contributed by atoms with E-state index < -0.39 is 0 Å². The van der Waals surface area contributed by atoms with Crippen LogP contribution >= 0.6 is 23.5 Å². The van der Waals surface area contributed by atoms with Crippen LogP contribution in [0.25, 0.3) is 55.3 Å². The highest BCUT2D eigenvalue weighted by molar-refractivity contribution is 8.05. The number of rotatable bonds is 6. The van der Waals surface area contributed by atoms with Crippen molar-refractivity contribution in [2.75, 3.05) is 4.90 Å². The summed E-state index contributed by atoms with van der Waals surface area (Å²) in [6, 6.07) is 73.5. The molecule has 3 heteroatoms. The molecule has 0 unspecified atom stereocenters. The van der Waals surface area contributed by atoms with Gasteiger partial charge >= 0.3 is 0 Å². The van der Waals surface area contributed by atoms with E-state index in [9.17, 15) is 0 Å². The van der Waals surface area contributed by atoms with Gasteiger partial charge in [0.25, 0.3) is 0 Å². The summed E-state index contributed by atoms with van der Waals surface area (Å²) in [4.78, 5) is 7.85. The lowest BCUT2D eigenvalue weighted by molar-refractivity contribution is 0.642. The molecule has 0 atom stereocenters. The molecule has 0 aromatic heterocycles. The van der Waals surface area contributed by atoms with E-state index in [2.05, 4.69) is 219 Å². The fourth-order valence-electron chi connectivity index (χ4n) is 8.91. The molecule has 9 aromatic rings. The molecule has 0 fully saturated rings. The van der Waals surface area contributed by atoms with Crippen LogP contribution in [0.15, 0.2) is 220 Å². The minimum absolute atomic E-state index is 0.111. The number of anilines is 3. The highest BCUT2D eigenvalue weighted by Crippen LogP contribution is 2.59. The third kappa shape index (κ3) is 5.97. The first kappa shape index (κ1) is 34.9. The Morgan fingerprint density at radius 2 is 0.845 bits per heavy atom. The lowest BCUT2D eigenvalue weighted by atomic mass is 9.81. The normalized spacial score (nSPS) is 13.3. The average Bonchev–Trinajstić information content (AvgIpc) is 3.52. The van der Waals surface area contributed by atoms with Gasteiger partial charge in [-0.25, -0.2) is 0 Å². The fourth-order valence-corrected chi connectivity index (χ4v) is 11.5. The van der Waals surface area contributed by atoms with Gasteiger partial charge in [-0.3, -0.25) is 0 Å². The van der Waals surface area contributed by atoms with Gasteiger partial charge in [0.05, 0.1) is 0 Å². The summed E-state index contributed by atoms with van der Waals surface area (Å²) in [6.45, 7) is 4.82. The molecule has 1 aliphatic heterocycles. The molecule has 1 aliphatic carbocycles. The zero-order valence-electron chi connectivity index (χ0n) is 32.3. The van der Waals surface area contributed by atoms with Crippen LogP contribution in [0, 0.1) is 0 Å². The van der Waals surface area contributed by atoms with E-state index >= 15 is 0 Å². The van der Waals surface area contributed by atoms with Crippen molar-refractivity contribution < 1.29 is 0 Å². The van der Waals surface area contributed by atoms with E-state index in [4.69, 9.17) is 0 Å². The Hall–Kier alpha value is -6.26. The Morgan fingerprint density at radius 1 is 0.362 bits per heavy atom. The zero-order valence-corrected chi connectivity index (χ0v) is 33.9. The maximum absolute atomic E-state index is 2.45. The van der Waals surface area contributed by atoms with Crippen molar-refractivity contribution in [1.29, 1.82) is 0 Å². The van der Waals surface area contributed by atoms with Crippen LogP contribution in [0.3, 0.4) is 0 Å². The highest BCUT2D eigenvalue weighted by atomic mass is 32.2. The standard InChI is InChI=1S/C55H39NS2/c1-55(2)49-35-43(24-30-47(49)48-31-32-52-54(53(48)55)58-51-16-10-9-15-50(51)57-52)40-17-18-42-34-46(29-23-41(42)33-40)56(44-25-19-38(20-26-44)36-11-5-3-6-12-36)45-27-21-39(22-28-45)37-13-7-4-8-14-37/h3-35H,1-2H3. The summed E-state index contributed by atoms with van der Waals surface area (Å²) < 4.78 is 0. The molecule has 0 spiro atoms. The predicted molar refractivity (Wildman–Crippen MR) is 247 cm³/mol. The summed E-state index contributed by atoms with van der Waals surface area (Å²) >= 11 is 3.84. The van der Waals surface area contributed by atoms with Gasteiger partial charge < -0.3 is 4.90 Å². The minimum Gasteiger partial charge on any atom is -0.310 e. The van der Waals surface area contributed by atoms with Crippen molar-refractivity contribution >= 4 is 51.4 Å². The predicted octanol–water partition coefficient (Wildman–Crippen LogP) is 16.2. The zero-order chi connectivity index (χ0) is 38.8. The van der Waals surface area contributed by atoms with Gasteiger partial charge in [0, 0.05) is 42.1 Å². The van der Waals surface area contributed by atoms with Crippen molar-refractivity contribution in [2.45, 2.75) is 38.8 Å². The van der Waals surface area contributed by atoms with Crippen LogP contribution in [0.4, 0.5) is 17.1 Å².